The summed E-state index contributed by atoms with van der Waals surface area (Å²) in [5, 5.41) is 4.86. The summed E-state index contributed by atoms with van der Waals surface area (Å²) in [6.07, 6.45) is 0.958. The van der Waals surface area contributed by atoms with Gasteiger partial charge >= 0.3 is 0 Å². The number of amides is 1. The topological polar surface area (TPSA) is 45.2 Å². The maximum absolute atomic E-state index is 12.6. The normalized spacial score (nSPS) is 14.9. The molecule has 0 saturated carbocycles. The summed E-state index contributed by atoms with van der Waals surface area (Å²) < 4.78 is 1.15. The van der Waals surface area contributed by atoms with Crippen LogP contribution in [0.3, 0.4) is 0 Å². The minimum Gasteiger partial charge on any atom is -0.301 e. The van der Waals surface area contributed by atoms with Gasteiger partial charge in [0.25, 0.3) is 5.91 Å². The van der Waals surface area contributed by atoms with Crippen molar-refractivity contribution in [3.63, 3.8) is 0 Å². The summed E-state index contributed by atoms with van der Waals surface area (Å²) in [4.78, 5) is 21.6. The third-order valence-corrected chi connectivity index (χ3v) is 6.46. The first-order chi connectivity index (χ1) is 11.1. The predicted molar refractivity (Wildman–Crippen MR) is 96.7 cm³/mol. The Kier molecular flexibility index (Phi) is 3.67. The van der Waals surface area contributed by atoms with Crippen LogP contribution < -0.4 is 5.32 Å². The maximum atomic E-state index is 12.6. The fourth-order valence-electron chi connectivity index (χ4n) is 2.92. The molecule has 1 aliphatic heterocycles. The van der Waals surface area contributed by atoms with Gasteiger partial charge in [-0.25, -0.2) is 4.98 Å². The summed E-state index contributed by atoms with van der Waals surface area (Å²) >= 11 is 3.14. The smallest absolute Gasteiger partial charge is 0.267 e. The van der Waals surface area contributed by atoms with Crippen LogP contribution in [0.1, 0.15) is 25.8 Å². The van der Waals surface area contributed by atoms with Crippen LogP contribution >= 0.6 is 22.7 Å². The van der Waals surface area contributed by atoms with E-state index >= 15 is 0 Å². The van der Waals surface area contributed by atoms with E-state index in [2.05, 4.69) is 34.4 Å². The molecule has 118 valence electrons. The van der Waals surface area contributed by atoms with Crippen molar-refractivity contribution in [2.45, 2.75) is 19.9 Å². The molecule has 0 fully saturated rings. The fourth-order valence-corrected chi connectivity index (χ4v) is 5.11. The summed E-state index contributed by atoms with van der Waals surface area (Å²) in [6.45, 7) is 3.96. The van der Waals surface area contributed by atoms with Crippen LogP contribution in [-0.2, 0) is 13.0 Å². The lowest BCUT2D eigenvalue weighted by molar-refractivity contribution is 0.103. The van der Waals surface area contributed by atoms with Gasteiger partial charge in [-0.1, -0.05) is 18.2 Å². The number of rotatable bonds is 2. The Bertz CT molecular complexity index is 897. The molecule has 0 spiro atoms. The standard InChI is InChI=1S/C17H17N3OS2/c1-10-11-5-3-4-6-13(11)22-15(10)16(21)19-17-18-12-7-8-20(2)9-14(12)23-17/h3-6H,7-9H2,1-2H3,(H,18,19,21). The molecule has 3 heterocycles. The maximum Gasteiger partial charge on any atom is 0.267 e. The van der Waals surface area contributed by atoms with Gasteiger partial charge in [0.05, 0.1) is 10.6 Å². The molecule has 0 unspecified atom stereocenters. The van der Waals surface area contributed by atoms with Gasteiger partial charge in [-0.2, -0.15) is 0 Å². The average Bonchev–Trinajstić information content (AvgIpc) is 3.08. The number of anilines is 1. The molecule has 0 bridgehead atoms. The molecule has 0 atom stereocenters. The number of carbonyl (C=O) groups excluding carboxylic acids is 1. The SMILES string of the molecule is Cc1c(C(=O)Nc2nc3c(s2)CN(C)CC3)sc2ccccc12. The number of nitrogens with one attached hydrogen (secondary N) is 1. The molecule has 0 saturated heterocycles. The molecular weight excluding hydrogens is 326 g/mol. The van der Waals surface area contributed by atoms with Gasteiger partial charge in [0.1, 0.15) is 0 Å². The molecule has 4 nitrogen and oxygen atoms in total. The Hall–Kier alpha value is -1.76. The van der Waals surface area contributed by atoms with Gasteiger partial charge in [-0.15, -0.1) is 22.7 Å². The Balaban J connectivity index is 1.61. The van der Waals surface area contributed by atoms with Gasteiger partial charge in [0.2, 0.25) is 0 Å². The van der Waals surface area contributed by atoms with Gasteiger partial charge in [-0.3, -0.25) is 10.1 Å². The number of hydrogen-bond acceptors (Lipinski definition) is 5. The lowest BCUT2D eigenvalue weighted by Crippen LogP contribution is -2.25. The van der Waals surface area contributed by atoms with Crippen molar-refractivity contribution in [1.29, 1.82) is 0 Å². The van der Waals surface area contributed by atoms with Crippen molar-refractivity contribution in [2.75, 3.05) is 18.9 Å². The highest BCUT2D eigenvalue weighted by Gasteiger charge is 2.21. The van der Waals surface area contributed by atoms with Crippen LogP contribution in [0.5, 0.6) is 0 Å². The van der Waals surface area contributed by atoms with E-state index in [9.17, 15) is 4.79 Å². The molecule has 2 aromatic heterocycles. The molecule has 0 aliphatic carbocycles. The van der Waals surface area contributed by atoms with Gasteiger partial charge in [0, 0.05) is 29.1 Å². The largest absolute Gasteiger partial charge is 0.301 e. The van der Waals surface area contributed by atoms with E-state index in [1.807, 2.05) is 19.1 Å². The number of aryl methyl sites for hydroxylation is 1. The highest BCUT2D eigenvalue weighted by atomic mass is 32.1. The molecule has 1 aliphatic rings. The number of aromatic nitrogens is 1. The molecule has 6 heteroatoms. The number of fused-ring (bicyclic) bond motifs is 2. The van der Waals surface area contributed by atoms with E-state index in [-0.39, 0.29) is 5.91 Å². The molecule has 4 rings (SSSR count). The van der Waals surface area contributed by atoms with Crippen LogP contribution in [0.15, 0.2) is 24.3 Å². The van der Waals surface area contributed by atoms with E-state index in [1.165, 1.54) is 4.88 Å². The Morgan fingerprint density at radius 2 is 2.13 bits per heavy atom. The lowest BCUT2D eigenvalue weighted by atomic mass is 10.1. The Morgan fingerprint density at radius 1 is 1.30 bits per heavy atom. The van der Waals surface area contributed by atoms with Crippen molar-refractivity contribution in [2.24, 2.45) is 0 Å². The number of carbonyl (C=O) groups is 1. The van der Waals surface area contributed by atoms with Crippen molar-refractivity contribution in [3.8, 4) is 0 Å². The molecular formula is C17H17N3OS2. The molecule has 1 aromatic carbocycles. The van der Waals surface area contributed by atoms with E-state index in [1.54, 1.807) is 22.7 Å². The van der Waals surface area contributed by atoms with Gasteiger partial charge < -0.3 is 4.90 Å². The first-order valence-corrected chi connectivity index (χ1v) is 9.21. The minimum atomic E-state index is -0.0526. The van der Waals surface area contributed by atoms with Crippen LogP contribution in [0.2, 0.25) is 0 Å². The summed E-state index contributed by atoms with van der Waals surface area (Å²) in [6, 6.07) is 8.14. The number of benzene rings is 1. The van der Waals surface area contributed by atoms with Crippen LogP contribution in [-0.4, -0.2) is 29.4 Å². The average molecular weight is 343 g/mol. The number of hydrogen-bond donors (Lipinski definition) is 1. The van der Waals surface area contributed by atoms with Crippen molar-refractivity contribution >= 4 is 43.8 Å². The second-order valence-corrected chi connectivity index (χ2v) is 8.02. The third-order valence-electron chi connectivity index (χ3n) is 4.19. The summed E-state index contributed by atoms with van der Waals surface area (Å²) in [5.41, 5.74) is 2.18. The summed E-state index contributed by atoms with van der Waals surface area (Å²) in [5.74, 6) is -0.0526. The Morgan fingerprint density at radius 3 is 2.96 bits per heavy atom. The van der Waals surface area contributed by atoms with Crippen LogP contribution in [0, 0.1) is 6.92 Å². The van der Waals surface area contributed by atoms with E-state index in [4.69, 9.17) is 0 Å². The number of likely N-dealkylation sites (N-methyl/N-ethyl adjacent to an activating group) is 1. The third kappa shape index (κ3) is 2.67. The fraction of sp³-hybridized carbons (Fsp3) is 0.294. The molecule has 3 aromatic rings. The first kappa shape index (κ1) is 14.8. The molecule has 0 radical (unpaired) electrons. The van der Waals surface area contributed by atoms with Crippen molar-refractivity contribution in [3.05, 3.63) is 45.3 Å². The molecule has 1 N–H and O–H groups in total. The summed E-state index contributed by atoms with van der Waals surface area (Å²) in [7, 11) is 2.11. The second-order valence-electron chi connectivity index (χ2n) is 5.88. The minimum absolute atomic E-state index is 0.0526. The Labute approximate surface area is 142 Å². The molecule has 1 amide bonds. The second kappa shape index (κ2) is 5.70. The van der Waals surface area contributed by atoms with E-state index in [0.29, 0.717) is 5.13 Å². The van der Waals surface area contributed by atoms with E-state index in [0.717, 1.165) is 45.7 Å². The van der Waals surface area contributed by atoms with Crippen molar-refractivity contribution in [1.82, 2.24) is 9.88 Å². The quantitative estimate of drug-likeness (QED) is 0.767. The van der Waals surface area contributed by atoms with Crippen LogP contribution in [0.4, 0.5) is 5.13 Å². The van der Waals surface area contributed by atoms with E-state index < -0.39 is 0 Å². The van der Waals surface area contributed by atoms with Gasteiger partial charge in [-0.05, 0) is 31.0 Å². The monoisotopic (exact) mass is 343 g/mol. The van der Waals surface area contributed by atoms with Crippen molar-refractivity contribution < 1.29 is 4.79 Å². The number of nitrogens with zero attached hydrogens (tertiary/aromatic N) is 2. The highest BCUT2D eigenvalue weighted by Crippen LogP contribution is 2.32. The lowest BCUT2D eigenvalue weighted by Gasteiger charge is -2.20. The number of thiazole rings is 1. The zero-order valence-electron chi connectivity index (χ0n) is 13.0. The zero-order valence-corrected chi connectivity index (χ0v) is 14.7. The number of thiophene rings is 1. The molecule has 23 heavy (non-hydrogen) atoms. The zero-order chi connectivity index (χ0) is 16.0. The van der Waals surface area contributed by atoms with Gasteiger partial charge in [0.15, 0.2) is 5.13 Å². The highest BCUT2D eigenvalue weighted by molar-refractivity contribution is 7.21. The van der Waals surface area contributed by atoms with Crippen LogP contribution in [0.25, 0.3) is 10.1 Å². The predicted octanol–water partition coefficient (Wildman–Crippen LogP) is 3.91. The first-order valence-electron chi connectivity index (χ1n) is 7.58.